The number of hydrogen-bond donors (Lipinski definition) is 6. The molecule has 0 saturated carbocycles. The van der Waals surface area contributed by atoms with Crippen molar-refractivity contribution in [1.29, 1.82) is 0 Å². The predicted octanol–water partition coefficient (Wildman–Crippen LogP) is 24.7. The van der Waals surface area contributed by atoms with Crippen LogP contribution in [0.2, 0.25) is 0 Å². The molecule has 12 heteroatoms. The van der Waals surface area contributed by atoms with Crippen LogP contribution in [-0.2, 0) is 28.8 Å². The van der Waals surface area contributed by atoms with Crippen molar-refractivity contribution < 1.29 is 59.4 Å². The van der Waals surface area contributed by atoms with Crippen LogP contribution in [0.4, 0.5) is 0 Å². The molecule has 12 rings (SSSR count). The lowest BCUT2D eigenvalue weighted by molar-refractivity contribution is -0.122. The van der Waals surface area contributed by atoms with Crippen LogP contribution in [0.3, 0.4) is 0 Å². The molecule has 0 aromatic carbocycles. The summed E-state index contributed by atoms with van der Waals surface area (Å²) < 4.78 is 0. The lowest BCUT2D eigenvalue weighted by atomic mass is 9.94. The van der Waals surface area contributed by atoms with Crippen LogP contribution in [-0.4, -0.2) is 95.9 Å². The highest BCUT2D eigenvalue weighted by Crippen LogP contribution is 2.23. The smallest absolute Gasteiger partial charge is 0.180 e. The summed E-state index contributed by atoms with van der Waals surface area (Å²) in [7, 11) is 0. The third kappa shape index (κ3) is 58.8. The predicted molar refractivity (Wildman–Crippen MR) is 466 cm³/mol. The normalized spacial score (nSPS) is 26.3. The van der Waals surface area contributed by atoms with Crippen LogP contribution in [0.15, 0.2) is 180 Å². The molecule has 12 aliphatic carbocycles. The average Bonchev–Trinajstić information content (AvgIpc) is 1.81. The van der Waals surface area contributed by atoms with E-state index < -0.39 is 0 Å². The first-order valence-electron chi connectivity index (χ1n) is 35.5. The van der Waals surface area contributed by atoms with Gasteiger partial charge in [0, 0.05) is 54.8 Å². The molecule has 12 aliphatic rings. The second-order valence-electron chi connectivity index (χ2n) is 26.7. The van der Waals surface area contributed by atoms with E-state index in [2.05, 4.69) is 50.3 Å². The molecule has 0 aromatic rings. The Morgan fingerprint density at radius 1 is 0.368 bits per heavy atom. The molecule has 0 aliphatic heterocycles. The molecule has 12 nitrogen and oxygen atoms in total. The number of hydrogen-bond acceptors (Lipinski definition) is 12. The fourth-order valence-electron chi connectivity index (χ4n) is 10.2. The van der Waals surface area contributed by atoms with Crippen LogP contribution in [0.5, 0.6) is 0 Å². The molecule has 0 saturated heterocycles. The third-order valence-electron chi connectivity index (χ3n) is 18.0. The monoisotopic (exact) mass is 1490 g/mol. The SMILES string of the molecule is C.C.C.C.C.C.C.C.C.C.C.CC1=CCC=CC1=O.CC1=CCC=CC1O.CC1=CCCCC1=O.CC1=CCCCC1O.CC1C=CC=CC1=O.CC1C=CCC1O.CC1C=CCCC1=O.CC1C=CCCC1O.CC1CC=CCC1=O.CC1CC=CCC1O.CC1CCC=CC1=O.CC1CCCC=C1O. The summed E-state index contributed by atoms with van der Waals surface area (Å²) in [5.74, 6) is 4.82. The van der Waals surface area contributed by atoms with Crippen molar-refractivity contribution >= 4 is 34.7 Å². The largest absolute Gasteiger partial charge is 0.512 e. The zero-order valence-corrected chi connectivity index (χ0v) is 60.1. The molecule has 0 fully saturated rings. The Balaban J connectivity index is -0.000000102. The highest BCUT2D eigenvalue weighted by atomic mass is 16.3. The highest BCUT2D eigenvalue weighted by Gasteiger charge is 2.18. The standard InChI is InChI=1S/4C7H12O.5C7H10O.2C7H8O.C6H10O.11CH4/c11*1-6-4-2-3-5-7(6)8;1-5-3-2-4-6(5)7;;;;;;;;;;;/h5-6,8H,2-4H2,1H3;4,7-8H,2-3,5H2,1H3;2,4,6-8H,3,5H2,1H3;2-3,6-8H,4-5H2,1H3;4H,2-3,5H2,1H3;3,5-6H,2,4H2,1H3;3-5,7-8H,2H2,1H3;2,4,6H,3,5H2,1H3;2-3,6H,4-5H2,1H3;3-5H,2H2,1H3;2-6H,1H3;2-3,5-7H,4H2,1H3;11*1H4. The van der Waals surface area contributed by atoms with Gasteiger partial charge in [0.05, 0.1) is 36.3 Å². The first-order valence-corrected chi connectivity index (χ1v) is 35.5. The Labute approximate surface area is 654 Å². The van der Waals surface area contributed by atoms with Crippen LogP contribution < -0.4 is 0 Å². The minimum absolute atomic E-state index is 0. The molecule has 106 heavy (non-hydrogen) atoms. The van der Waals surface area contributed by atoms with Crippen molar-refractivity contribution in [2.75, 3.05) is 0 Å². The van der Waals surface area contributed by atoms with Crippen LogP contribution in [0, 0.1) is 47.3 Å². The topological polar surface area (TPSA) is 224 Å². The Morgan fingerprint density at radius 2 is 0.934 bits per heavy atom. The summed E-state index contributed by atoms with van der Waals surface area (Å²) in [6.45, 7) is 23.6. The Kier molecular flexibility index (Phi) is 86.4. The number of rotatable bonds is 0. The number of allylic oxidation sites excluding steroid dienone is 23. The second kappa shape index (κ2) is 74.2. The van der Waals surface area contributed by atoms with Crippen molar-refractivity contribution in [2.24, 2.45) is 47.3 Å². The summed E-state index contributed by atoms with van der Waals surface area (Å²) in [5, 5.41) is 54.4. The average molecular weight is 1490 g/mol. The fourth-order valence-corrected chi connectivity index (χ4v) is 10.2. The van der Waals surface area contributed by atoms with Gasteiger partial charge >= 0.3 is 0 Å². The molecule has 0 heterocycles. The molecule has 0 bridgehead atoms. The number of Topliss-reactive ketones (excluding diaryl/α,β-unsaturated/α-hetero) is 3. The van der Waals surface area contributed by atoms with Crippen molar-refractivity contribution in [1.82, 2.24) is 0 Å². The van der Waals surface area contributed by atoms with Crippen LogP contribution in [0.25, 0.3) is 0 Å². The maximum Gasteiger partial charge on any atom is 0.180 e. The van der Waals surface area contributed by atoms with Crippen molar-refractivity contribution in [3.8, 4) is 0 Å². The third-order valence-corrected chi connectivity index (χ3v) is 18.0. The summed E-state index contributed by atoms with van der Waals surface area (Å²) in [6, 6.07) is 0. The maximum atomic E-state index is 10.7. The number of carbonyl (C=O) groups is 6. The van der Waals surface area contributed by atoms with E-state index in [1.54, 1.807) is 24.3 Å². The summed E-state index contributed by atoms with van der Waals surface area (Å²) in [6.07, 6.45) is 69.6. The van der Waals surface area contributed by atoms with Gasteiger partial charge in [-0.05, 0) is 208 Å². The van der Waals surface area contributed by atoms with E-state index in [1.165, 1.54) is 6.42 Å². The molecule has 616 valence electrons. The molecule has 0 aromatic heterocycles. The van der Waals surface area contributed by atoms with Gasteiger partial charge in [-0.15, -0.1) is 0 Å². The Hall–Kier alpha value is -6.28. The van der Waals surface area contributed by atoms with Gasteiger partial charge in [0.15, 0.2) is 23.1 Å². The quantitative estimate of drug-likeness (QED) is 0.125. The lowest BCUT2D eigenvalue weighted by Crippen LogP contribution is -2.18. The highest BCUT2D eigenvalue weighted by molar-refractivity contribution is 6.04. The molecular formula is C94H168O12. The van der Waals surface area contributed by atoms with Gasteiger partial charge in [-0.3, -0.25) is 28.8 Å². The van der Waals surface area contributed by atoms with Gasteiger partial charge in [-0.25, -0.2) is 0 Å². The van der Waals surface area contributed by atoms with E-state index in [0.29, 0.717) is 53.2 Å². The zero-order valence-electron chi connectivity index (χ0n) is 60.1. The van der Waals surface area contributed by atoms with Gasteiger partial charge in [0.2, 0.25) is 0 Å². The lowest BCUT2D eigenvalue weighted by Gasteiger charge is -2.18. The fraction of sp³-hybridized carbons (Fsp3) is 0.617. The number of carbonyl (C=O) groups excluding carboxylic acids is 6. The molecule has 0 amide bonds. The van der Waals surface area contributed by atoms with Gasteiger partial charge in [0.1, 0.15) is 11.6 Å². The van der Waals surface area contributed by atoms with Gasteiger partial charge in [-0.2, -0.15) is 0 Å². The zero-order chi connectivity index (χ0) is 71.1. The Morgan fingerprint density at radius 3 is 1.25 bits per heavy atom. The Bertz CT molecular complexity index is 2710. The van der Waals surface area contributed by atoms with E-state index in [4.69, 9.17) is 30.6 Å². The molecular weight excluding hydrogens is 1320 g/mol. The number of aliphatic hydroxyl groups excluding tert-OH is 6. The van der Waals surface area contributed by atoms with Gasteiger partial charge in [0.25, 0.3) is 0 Å². The molecule has 6 N–H and O–H groups in total. The van der Waals surface area contributed by atoms with E-state index in [-0.39, 0.29) is 153 Å². The van der Waals surface area contributed by atoms with Crippen LogP contribution >= 0.6 is 0 Å². The van der Waals surface area contributed by atoms with E-state index >= 15 is 0 Å². The van der Waals surface area contributed by atoms with Crippen molar-refractivity contribution in [3.63, 3.8) is 0 Å². The number of ketones is 6. The van der Waals surface area contributed by atoms with Gasteiger partial charge in [-0.1, -0.05) is 265 Å². The van der Waals surface area contributed by atoms with E-state index in [0.717, 1.165) is 151 Å². The van der Waals surface area contributed by atoms with Crippen molar-refractivity contribution in [2.45, 2.75) is 337 Å². The summed E-state index contributed by atoms with van der Waals surface area (Å²) in [5.41, 5.74) is 4.03. The summed E-state index contributed by atoms with van der Waals surface area (Å²) in [4.78, 5) is 64.2. The molecule has 13 unspecified atom stereocenters. The van der Waals surface area contributed by atoms with Gasteiger partial charge < -0.3 is 30.6 Å². The minimum Gasteiger partial charge on any atom is -0.512 e. The van der Waals surface area contributed by atoms with Crippen molar-refractivity contribution in [3.05, 3.63) is 180 Å². The molecule has 0 radical (unpaired) electrons. The first-order chi connectivity index (χ1) is 45.2. The van der Waals surface area contributed by atoms with E-state index in [1.807, 2.05) is 160 Å². The first kappa shape index (κ1) is 123. The molecule has 0 spiro atoms. The number of aliphatic hydroxyl groups is 6. The second-order valence-corrected chi connectivity index (χ2v) is 26.7. The molecule has 13 atom stereocenters. The maximum absolute atomic E-state index is 10.7. The van der Waals surface area contributed by atoms with E-state index in [9.17, 15) is 28.8 Å². The van der Waals surface area contributed by atoms with Crippen LogP contribution in [0.1, 0.15) is 306 Å². The minimum atomic E-state index is -0.316. The summed E-state index contributed by atoms with van der Waals surface area (Å²) >= 11 is 0.